The number of nitrogens with one attached hydrogen (secondary N) is 1. The van der Waals surface area contributed by atoms with Gasteiger partial charge in [0.25, 0.3) is 0 Å². The molecule has 0 radical (unpaired) electrons. The smallest absolute Gasteiger partial charge is 0.330 e. The standard InChI is InChI=1S/C37H35N3O9/c1-23-28(8-5-9-30(23)27-10-13-33-35(17-27)46-15-14-45-33)21-48-29-11-12-31(34(18-29)49-20-26-7-4-6-25(16-26)19-38)39-37(44)40(3)32(36(42)43)22-47-24(2)41/h4-13,16-18,32H,14-15,20-22H2,1-3H3,(H,39,44)(H,42,43). The first-order valence-corrected chi connectivity index (χ1v) is 15.4. The molecule has 1 unspecified atom stereocenters. The van der Waals surface area contributed by atoms with Gasteiger partial charge in [-0.25, -0.2) is 9.59 Å². The van der Waals surface area contributed by atoms with Crippen LogP contribution in [0.15, 0.2) is 78.9 Å². The highest BCUT2D eigenvalue weighted by atomic mass is 16.6. The van der Waals surface area contributed by atoms with Crippen molar-refractivity contribution in [3.8, 4) is 40.2 Å². The molecule has 0 aromatic heterocycles. The minimum Gasteiger partial charge on any atom is -0.489 e. The summed E-state index contributed by atoms with van der Waals surface area (Å²) >= 11 is 0. The Bertz CT molecular complexity index is 1900. The number of carboxylic acid groups (broad SMARTS) is 1. The second kappa shape index (κ2) is 15.6. The Kier molecular flexibility index (Phi) is 10.9. The lowest BCUT2D eigenvalue weighted by Crippen LogP contribution is -2.47. The van der Waals surface area contributed by atoms with E-state index in [1.165, 1.54) is 7.05 Å². The maximum Gasteiger partial charge on any atom is 0.330 e. The van der Waals surface area contributed by atoms with E-state index in [-0.39, 0.29) is 24.7 Å². The highest BCUT2D eigenvalue weighted by Crippen LogP contribution is 2.37. The molecule has 49 heavy (non-hydrogen) atoms. The van der Waals surface area contributed by atoms with Crippen molar-refractivity contribution in [2.45, 2.75) is 33.1 Å². The number of ether oxygens (including phenoxy) is 5. The molecule has 0 aliphatic carbocycles. The van der Waals surface area contributed by atoms with Crippen LogP contribution in [-0.4, -0.2) is 60.9 Å². The number of urea groups is 1. The Labute approximate surface area is 283 Å². The fourth-order valence-corrected chi connectivity index (χ4v) is 5.12. The van der Waals surface area contributed by atoms with Crippen LogP contribution >= 0.6 is 0 Å². The molecule has 12 heteroatoms. The average molecular weight is 666 g/mol. The second-order valence-corrected chi connectivity index (χ2v) is 11.2. The number of fused-ring (bicyclic) bond motifs is 1. The highest BCUT2D eigenvalue weighted by Gasteiger charge is 2.28. The summed E-state index contributed by atoms with van der Waals surface area (Å²) in [4.78, 5) is 37.2. The van der Waals surface area contributed by atoms with Gasteiger partial charge in [-0.05, 0) is 71.1 Å². The predicted octanol–water partition coefficient (Wildman–Crippen LogP) is 5.94. The van der Waals surface area contributed by atoms with E-state index in [9.17, 15) is 24.8 Å². The quantitative estimate of drug-likeness (QED) is 0.174. The molecule has 0 spiro atoms. The maximum absolute atomic E-state index is 13.1. The van der Waals surface area contributed by atoms with E-state index < -0.39 is 30.6 Å². The Morgan fingerprint density at radius 1 is 0.959 bits per heavy atom. The monoisotopic (exact) mass is 665 g/mol. The molecule has 2 amide bonds. The number of esters is 1. The van der Waals surface area contributed by atoms with Gasteiger partial charge < -0.3 is 39.0 Å². The number of likely N-dealkylation sites (N-methyl/N-ethyl adjacent to an activating group) is 1. The van der Waals surface area contributed by atoms with Crippen molar-refractivity contribution in [3.63, 3.8) is 0 Å². The number of benzene rings is 4. The number of amides is 2. The SMILES string of the molecule is CC(=O)OCC(C(=O)O)N(C)C(=O)Nc1ccc(OCc2cccc(-c3ccc4c(c3)OCCO4)c2C)cc1OCc1cccc(C#N)c1. The van der Waals surface area contributed by atoms with Crippen LogP contribution < -0.4 is 24.3 Å². The lowest BCUT2D eigenvalue weighted by Gasteiger charge is -2.25. The molecule has 0 saturated carbocycles. The molecule has 12 nitrogen and oxygen atoms in total. The number of nitrogens with zero attached hydrogens (tertiary/aromatic N) is 2. The Hall–Kier alpha value is -6.22. The lowest BCUT2D eigenvalue weighted by molar-refractivity contribution is -0.149. The molecule has 1 atom stereocenters. The van der Waals surface area contributed by atoms with E-state index in [0.29, 0.717) is 30.3 Å². The number of carboxylic acids is 1. The molecule has 1 aliphatic rings. The van der Waals surface area contributed by atoms with Crippen molar-refractivity contribution in [2.24, 2.45) is 0 Å². The van der Waals surface area contributed by atoms with E-state index in [1.807, 2.05) is 43.3 Å². The summed E-state index contributed by atoms with van der Waals surface area (Å²) < 4.78 is 28.6. The van der Waals surface area contributed by atoms with Crippen molar-refractivity contribution >= 4 is 23.7 Å². The molecule has 0 fully saturated rings. The first-order valence-electron chi connectivity index (χ1n) is 15.4. The Morgan fingerprint density at radius 2 is 1.73 bits per heavy atom. The van der Waals surface area contributed by atoms with Gasteiger partial charge in [0.2, 0.25) is 0 Å². The third-order valence-electron chi connectivity index (χ3n) is 7.86. The van der Waals surface area contributed by atoms with Gasteiger partial charge in [-0.1, -0.05) is 36.4 Å². The van der Waals surface area contributed by atoms with Crippen LogP contribution in [0.2, 0.25) is 0 Å². The number of rotatable bonds is 12. The van der Waals surface area contributed by atoms with Gasteiger partial charge in [0, 0.05) is 20.0 Å². The molecule has 0 bridgehead atoms. The number of hydrogen-bond donors (Lipinski definition) is 2. The zero-order valence-corrected chi connectivity index (χ0v) is 27.2. The number of hydrogen-bond acceptors (Lipinski definition) is 9. The summed E-state index contributed by atoms with van der Waals surface area (Å²) in [7, 11) is 1.28. The van der Waals surface area contributed by atoms with E-state index in [0.717, 1.165) is 45.4 Å². The molecular formula is C37H35N3O9. The molecule has 4 aromatic rings. The zero-order valence-electron chi connectivity index (χ0n) is 27.2. The second-order valence-electron chi connectivity index (χ2n) is 11.2. The largest absolute Gasteiger partial charge is 0.489 e. The highest BCUT2D eigenvalue weighted by molar-refractivity contribution is 5.93. The molecule has 4 aromatic carbocycles. The maximum atomic E-state index is 13.1. The van der Waals surface area contributed by atoms with Gasteiger partial charge in [0.1, 0.15) is 44.5 Å². The van der Waals surface area contributed by atoms with Crippen LogP contribution in [0.4, 0.5) is 10.5 Å². The minimum atomic E-state index is -1.43. The van der Waals surface area contributed by atoms with Crippen molar-refractivity contribution in [1.29, 1.82) is 5.26 Å². The molecule has 0 saturated heterocycles. The minimum absolute atomic E-state index is 0.0680. The normalized spacial score (nSPS) is 12.2. The van der Waals surface area contributed by atoms with Crippen molar-refractivity contribution in [1.82, 2.24) is 4.90 Å². The number of anilines is 1. The first-order chi connectivity index (χ1) is 23.6. The summed E-state index contributed by atoms with van der Waals surface area (Å²) in [5, 5.41) is 21.6. The van der Waals surface area contributed by atoms with E-state index in [4.69, 9.17) is 23.7 Å². The van der Waals surface area contributed by atoms with Crippen LogP contribution in [0.3, 0.4) is 0 Å². The van der Waals surface area contributed by atoms with Crippen molar-refractivity contribution in [2.75, 3.05) is 32.2 Å². The fraction of sp³-hybridized carbons (Fsp3) is 0.243. The first kappa shape index (κ1) is 34.1. The fourth-order valence-electron chi connectivity index (χ4n) is 5.12. The molecule has 252 valence electrons. The summed E-state index contributed by atoms with van der Waals surface area (Å²) in [6.07, 6.45) is 0. The molecular weight excluding hydrogens is 630 g/mol. The predicted molar refractivity (Wildman–Crippen MR) is 179 cm³/mol. The van der Waals surface area contributed by atoms with Crippen LogP contribution in [0.25, 0.3) is 11.1 Å². The Morgan fingerprint density at radius 3 is 2.49 bits per heavy atom. The molecule has 2 N–H and O–H groups in total. The average Bonchev–Trinajstić information content (AvgIpc) is 3.10. The molecule has 1 heterocycles. The van der Waals surface area contributed by atoms with E-state index in [1.54, 1.807) is 42.5 Å². The number of carbonyl (C=O) groups excluding carboxylic acids is 2. The van der Waals surface area contributed by atoms with Gasteiger partial charge in [0.05, 0.1) is 17.3 Å². The van der Waals surface area contributed by atoms with Gasteiger partial charge in [-0.3, -0.25) is 4.79 Å². The van der Waals surface area contributed by atoms with E-state index >= 15 is 0 Å². The van der Waals surface area contributed by atoms with Crippen LogP contribution in [0.5, 0.6) is 23.0 Å². The number of carbonyl (C=O) groups is 3. The van der Waals surface area contributed by atoms with Gasteiger partial charge in [-0.2, -0.15) is 5.26 Å². The third-order valence-corrected chi connectivity index (χ3v) is 7.86. The van der Waals surface area contributed by atoms with Gasteiger partial charge in [-0.15, -0.1) is 0 Å². The summed E-state index contributed by atoms with van der Waals surface area (Å²) in [6.45, 7) is 3.98. The van der Waals surface area contributed by atoms with Crippen molar-refractivity contribution < 1.29 is 43.2 Å². The summed E-state index contributed by atoms with van der Waals surface area (Å²) in [5.41, 5.74) is 5.43. The number of aliphatic carboxylic acids is 1. The molecule has 1 aliphatic heterocycles. The van der Waals surface area contributed by atoms with Crippen LogP contribution in [-0.2, 0) is 27.5 Å². The van der Waals surface area contributed by atoms with Crippen LogP contribution in [0, 0.1) is 18.3 Å². The third kappa shape index (κ3) is 8.58. The topological polar surface area (TPSA) is 157 Å². The van der Waals surface area contributed by atoms with Gasteiger partial charge >= 0.3 is 18.0 Å². The number of nitriles is 1. The van der Waals surface area contributed by atoms with Crippen LogP contribution in [0.1, 0.15) is 29.2 Å². The van der Waals surface area contributed by atoms with Crippen molar-refractivity contribution in [3.05, 3.63) is 101 Å². The Balaban J connectivity index is 1.36. The summed E-state index contributed by atoms with van der Waals surface area (Å²) in [5.74, 6) is 0.113. The van der Waals surface area contributed by atoms with Gasteiger partial charge in [0.15, 0.2) is 17.5 Å². The zero-order chi connectivity index (χ0) is 34.9. The molecule has 5 rings (SSSR count). The lowest BCUT2D eigenvalue weighted by atomic mass is 9.96. The summed E-state index contributed by atoms with van der Waals surface area (Å²) in [6, 6.07) is 23.5. The van der Waals surface area contributed by atoms with E-state index in [2.05, 4.69) is 11.4 Å².